The van der Waals surface area contributed by atoms with Crippen molar-refractivity contribution in [2.75, 3.05) is 4.57 Å². The molecule has 0 fully saturated rings. The van der Waals surface area contributed by atoms with E-state index in [0.717, 1.165) is 17.2 Å². The van der Waals surface area contributed by atoms with E-state index >= 15 is 52.7 Å². The molecule has 0 saturated heterocycles. The second-order valence-corrected chi connectivity index (χ2v) is 18.5. The first-order valence-electron chi connectivity index (χ1n) is 20.6. The van der Waals surface area contributed by atoms with Gasteiger partial charge in [-0.15, -0.1) is 16.4 Å². The number of para-hydroxylation sites is 2. The molecule has 0 aliphatic carbocycles. The molecule has 6 rings (SSSR count). The summed E-state index contributed by atoms with van der Waals surface area (Å²) in [5.41, 5.74) is -5.06. The average Bonchev–Trinajstić information content (AvgIpc) is 3.27. The van der Waals surface area contributed by atoms with Gasteiger partial charge in [-0.3, -0.25) is 0 Å². The van der Waals surface area contributed by atoms with Gasteiger partial charge < -0.3 is 4.57 Å². The fourth-order valence-electron chi connectivity index (χ4n) is 8.94. The molecule has 0 saturated carbocycles. The van der Waals surface area contributed by atoms with Crippen molar-refractivity contribution in [2.24, 2.45) is 0 Å². The molecule has 19 heteroatoms. The van der Waals surface area contributed by atoms with E-state index in [2.05, 4.69) is 0 Å². The van der Waals surface area contributed by atoms with E-state index in [9.17, 15) is 13.2 Å². The summed E-state index contributed by atoms with van der Waals surface area (Å²) in [5, 5.41) is 0. The minimum atomic E-state index is -5.90. The Morgan fingerprint density at radius 3 is 1.00 bits per heavy atom. The molecule has 0 spiro atoms. The summed E-state index contributed by atoms with van der Waals surface area (Å²) >= 11 is 0. The van der Waals surface area contributed by atoms with Crippen LogP contribution in [-0.4, -0.2) is 25.9 Å². The van der Waals surface area contributed by atoms with Crippen molar-refractivity contribution in [3.8, 4) is 0 Å². The highest BCUT2D eigenvalue weighted by Crippen LogP contribution is 2.42. The van der Waals surface area contributed by atoms with Crippen molar-refractivity contribution in [1.82, 2.24) is 0 Å². The molecule has 0 atom stereocenters. The summed E-state index contributed by atoms with van der Waals surface area (Å²) in [4.78, 5) is 0. The zero-order valence-electron chi connectivity index (χ0n) is 36.7. The second-order valence-electron chi connectivity index (χ2n) is 17.4. The lowest BCUT2D eigenvalue weighted by Crippen LogP contribution is -2.74. The summed E-state index contributed by atoms with van der Waals surface area (Å²) < 4.78 is 241. The van der Waals surface area contributed by atoms with Crippen LogP contribution < -0.4 is 21.0 Å². The highest BCUT2D eigenvalue weighted by Gasteiger charge is 2.51. The number of halogens is 15. The Kier molecular flexibility index (Phi) is 13.9. The van der Waals surface area contributed by atoms with Crippen LogP contribution in [0.4, 0.5) is 77.2 Å². The highest BCUT2D eigenvalue weighted by atomic mass is 28.2. The molecule has 1 aliphatic rings. The van der Waals surface area contributed by atoms with Gasteiger partial charge in [0.15, 0.2) is 58.0 Å². The number of anilines is 1. The Hall–Kier alpha value is -5.46. The third-order valence-corrected chi connectivity index (χ3v) is 13.6. The minimum Gasteiger partial charge on any atom is -0.309 e. The van der Waals surface area contributed by atoms with E-state index in [1.54, 1.807) is 50.5 Å². The first-order valence-corrected chi connectivity index (χ1v) is 21.5. The van der Waals surface area contributed by atoms with Gasteiger partial charge in [0.1, 0.15) is 46.8 Å². The Morgan fingerprint density at radius 2 is 0.712 bits per heavy atom. The van der Waals surface area contributed by atoms with Crippen molar-refractivity contribution < 1.29 is 70.1 Å². The maximum atomic E-state index is 16.7. The Balaban J connectivity index is 1.97. The first-order chi connectivity index (χ1) is 30.8. The lowest BCUT2D eigenvalue weighted by atomic mass is 9.13. The lowest BCUT2D eigenvalue weighted by molar-refractivity contribution is -0.280. The van der Waals surface area contributed by atoms with E-state index in [1.807, 2.05) is 45.9 Å². The molecule has 5 aromatic rings. The van der Waals surface area contributed by atoms with Crippen LogP contribution in [0, 0.1) is 87.3 Å². The molecule has 2 radical (unpaired) electrons. The Morgan fingerprint density at radius 1 is 0.439 bits per heavy atom. The number of hydrogen-bond acceptors (Lipinski definition) is 1. The number of rotatable bonds is 11. The molecule has 2 nitrogen and oxygen atoms in total. The molecule has 0 amide bonds. The van der Waals surface area contributed by atoms with Crippen LogP contribution in [0.1, 0.15) is 108 Å². The zero-order valence-corrected chi connectivity index (χ0v) is 37.7. The van der Waals surface area contributed by atoms with E-state index in [4.69, 9.17) is 0 Å². The van der Waals surface area contributed by atoms with Crippen molar-refractivity contribution >= 4 is 49.5 Å². The predicted molar refractivity (Wildman–Crippen MR) is 224 cm³/mol. The fourth-order valence-corrected chi connectivity index (χ4v) is 10.4. The van der Waals surface area contributed by atoms with Crippen molar-refractivity contribution in [3.63, 3.8) is 0 Å². The van der Waals surface area contributed by atoms with E-state index in [-0.39, 0.29) is 23.2 Å². The number of benzene rings is 5. The van der Waals surface area contributed by atoms with Gasteiger partial charge in [-0.2, -0.15) is 0 Å². The van der Waals surface area contributed by atoms with Gasteiger partial charge in [0.2, 0.25) is 0 Å². The molecule has 0 bridgehead atoms. The summed E-state index contributed by atoms with van der Waals surface area (Å²) in [6, 6.07) is 10.4. The summed E-state index contributed by atoms with van der Waals surface area (Å²) in [7, 11) is -0.837. The van der Waals surface area contributed by atoms with Gasteiger partial charge in [-0.1, -0.05) is 98.1 Å². The zero-order chi connectivity index (χ0) is 49.3. The molecular formula is C47H40BF15N2Si. The van der Waals surface area contributed by atoms with Crippen molar-refractivity contribution in [3.05, 3.63) is 158 Å². The molecule has 5 aromatic carbocycles. The topological polar surface area (TPSA) is 6.25 Å². The minimum absolute atomic E-state index is 0.139. The third kappa shape index (κ3) is 7.81. The number of hydrogen-bond donors (Lipinski definition) is 0. The molecule has 0 N–H and O–H groups in total. The smallest absolute Gasteiger partial charge is 0.309 e. The van der Waals surface area contributed by atoms with Crippen molar-refractivity contribution in [1.29, 1.82) is 0 Å². The van der Waals surface area contributed by atoms with Crippen LogP contribution in [-0.2, 0) is 0 Å². The SMILES string of the molecule is CC1=CC(C[B-](c2c(F)c(F)c(F)c(F)c2F)(c2c(F)c(F)c(F)c(F)c2F)c2c(F)c(F)c(F)c(F)c2F)=[N+](c2c(C(C)C)cccc2C(C)C)[Si]N1c1c(C(C)C)cccc1C(C)C. The third-order valence-electron chi connectivity index (χ3n) is 12.1. The fraction of sp³-hybridized carbons (Fsp3) is 0.298. The largest absolute Gasteiger partial charge is 0.655 e. The normalized spacial score (nSPS) is 13.7. The van der Waals surface area contributed by atoms with Gasteiger partial charge >= 0.3 is 9.84 Å². The molecule has 0 aromatic heterocycles. The van der Waals surface area contributed by atoms with E-state index in [1.165, 1.54) is 11.2 Å². The van der Waals surface area contributed by atoms with Crippen LogP contribution >= 0.6 is 0 Å². The first kappa shape index (κ1) is 50.0. The van der Waals surface area contributed by atoms with Crippen LogP contribution in [0.15, 0.2) is 48.2 Å². The average molecular weight is 957 g/mol. The van der Waals surface area contributed by atoms with Crippen LogP contribution in [0.2, 0.25) is 6.32 Å². The van der Waals surface area contributed by atoms with Gasteiger partial charge in [0, 0.05) is 28.6 Å². The van der Waals surface area contributed by atoms with Crippen LogP contribution in [0.3, 0.4) is 0 Å². The molecular weight excluding hydrogens is 916 g/mol. The quantitative estimate of drug-likeness (QED) is 0.0553. The molecule has 0 unspecified atom stereocenters. The molecule has 1 heterocycles. The highest BCUT2D eigenvalue weighted by molar-refractivity contribution is 7.13. The molecule has 1 aliphatic heterocycles. The summed E-state index contributed by atoms with van der Waals surface area (Å²) in [5.74, 6) is -46.6. The second kappa shape index (κ2) is 18.3. The standard InChI is InChI=1S/C47H40BF15N2Si/c1-18(2)24-12-10-13-25(19(3)4)46(24)64-22(9)16-23(65(66-64)47-26(20(5)6)14-11-15-27(47)21(7)8)17-48(28-31(49)37(55)43(61)38(56)32(28)50,29-33(51)39(57)44(62)40(58)34(29)52)30-35(53)41(59)45(63)42(60)36(30)54/h10-16,18-21H,17H2,1-9H3. The van der Waals surface area contributed by atoms with Gasteiger partial charge in [0.25, 0.3) is 0 Å². The number of nitrogens with zero attached hydrogens (tertiary/aromatic N) is 2. The van der Waals surface area contributed by atoms with Crippen LogP contribution in [0.5, 0.6) is 0 Å². The molecule has 350 valence electrons. The van der Waals surface area contributed by atoms with Gasteiger partial charge in [-0.25, -0.2) is 70.1 Å². The van der Waals surface area contributed by atoms with E-state index in [0.29, 0.717) is 16.8 Å². The molecule has 66 heavy (non-hydrogen) atoms. The van der Waals surface area contributed by atoms with E-state index < -0.39 is 144 Å². The predicted octanol–water partition coefficient (Wildman–Crippen LogP) is 12.5. The number of allylic oxidation sites excluding steroid dienone is 2. The van der Waals surface area contributed by atoms with Crippen LogP contribution in [0.25, 0.3) is 0 Å². The summed E-state index contributed by atoms with van der Waals surface area (Å²) in [6.07, 6.45) is -6.70. The maximum absolute atomic E-state index is 16.7. The Labute approximate surface area is 373 Å². The van der Waals surface area contributed by atoms with Gasteiger partial charge in [-0.05, 0) is 41.7 Å². The monoisotopic (exact) mass is 956 g/mol. The van der Waals surface area contributed by atoms with Gasteiger partial charge in [0.05, 0.1) is 0 Å². The Bertz CT molecular complexity index is 2570. The maximum Gasteiger partial charge on any atom is 0.655 e. The van der Waals surface area contributed by atoms with Crippen molar-refractivity contribution in [2.45, 2.75) is 92.3 Å². The summed E-state index contributed by atoms with van der Waals surface area (Å²) in [6.45, 7) is 16.0. The lowest BCUT2D eigenvalue weighted by Gasteiger charge is -2.44.